The maximum Gasteiger partial charge on any atom is 0.248 e. The zero-order valence-corrected chi connectivity index (χ0v) is 11.4. The normalized spacial score (nSPS) is 10.2. The van der Waals surface area contributed by atoms with Crippen LogP contribution in [0.1, 0.15) is 10.4 Å². The number of nitrogens with two attached hydrogens (primary N) is 2. The third-order valence-electron chi connectivity index (χ3n) is 2.54. The Hall–Kier alpha value is -2.08. The molecule has 0 atom stereocenters. The van der Waals surface area contributed by atoms with Crippen molar-refractivity contribution in [2.45, 2.75) is 0 Å². The van der Waals surface area contributed by atoms with Gasteiger partial charge in [0.1, 0.15) is 5.82 Å². The molecular formula is C13H11BrFN3O. The van der Waals surface area contributed by atoms with Crippen LogP contribution in [0, 0.1) is 5.82 Å². The molecule has 0 aliphatic rings. The molecule has 0 bridgehead atoms. The number of anilines is 3. The lowest BCUT2D eigenvalue weighted by molar-refractivity contribution is 0.100. The standard InChI is InChI=1S/C13H11BrFN3O/c14-9-6-8(2-3-10(9)15)18-12-5-7(13(17)19)1-4-11(12)16/h1-6,18H,16H2,(H2,17,19). The fourth-order valence-corrected chi connectivity index (χ4v) is 1.93. The number of hydrogen-bond donors (Lipinski definition) is 3. The Morgan fingerprint density at radius 1 is 1.21 bits per heavy atom. The lowest BCUT2D eigenvalue weighted by Gasteiger charge is -2.11. The van der Waals surface area contributed by atoms with E-state index in [1.807, 2.05) is 0 Å². The molecular weight excluding hydrogens is 313 g/mol. The average molecular weight is 324 g/mol. The molecule has 19 heavy (non-hydrogen) atoms. The molecule has 2 aromatic carbocycles. The first-order chi connectivity index (χ1) is 8.97. The SMILES string of the molecule is NC(=O)c1ccc(N)c(Nc2ccc(F)c(Br)c2)c1. The summed E-state index contributed by atoms with van der Waals surface area (Å²) in [6.07, 6.45) is 0. The summed E-state index contributed by atoms with van der Waals surface area (Å²) in [5, 5.41) is 3.01. The Kier molecular flexibility index (Phi) is 3.71. The maximum atomic E-state index is 13.1. The van der Waals surface area contributed by atoms with Crippen molar-refractivity contribution in [1.82, 2.24) is 0 Å². The number of amides is 1. The van der Waals surface area contributed by atoms with Gasteiger partial charge in [0.25, 0.3) is 0 Å². The van der Waals surface area contributed by atoms with Crippen LogP contribution in [0.3, 0.4) is 0 Å². The predicted molar refractivity (Wildman–Crippen MR) is 76.8 cm³/mol. The second-order valence-electron chi connectivity index (χ2n) is 3.92. The third-order valence-corrected chi connectivity index (χ3v) is 3.14. The van der Waals surface area contributed by atoms with Crippen molar-refractivity contribution < 1.29 is 9.18 Å². The van der Waals surface area contributed by atoms with E-state index in [-0.39, 0.29) is 5.82 Å². The van der Waals surface area contributed by atoms with Gasteiger partial charge in [-0.25, -0.2) is 4.39 Å². The van der Waals surface area contributed by atoms with E-state index in [2.05, 4.69) is 21.2 Å². The monoisotopic (exact) mass is 323 g/mol. The van der Waals surface area contributed by atoms with Gasteiger partial charge in [0.15, 0.2) is 0 Å². The van der Waals surface area contributed by atoms with Gasteiger partial charge < -0.3 is 16.8 Å². The van der Waals surface area contributed by atoms with Crippen molar-refractivity contribution in [3.05, 3.63) is 52.3 Å². The van der Waals surface area contributed by atoms with Crippen LogP contribution in [-0.2, 0) is 0 Å². The lowest BCUT2D eigenvalue weighted by atomic mass is 10.1. The highest BCUT2D eigenvalue weighted by molar-refractivity contribution is 9.10. The second kappa shape index (κ2) is 5.27. The molecule has 0 aliphatic carbocycles. The first-order valence-corrected chi connectivity index (χ1v) is 6.18. The number of rotatable bonds is 3. The highest BCUT2D eigenvalue weighted by atomic mass is 79.9. The lowest BCUT2D eigenvalue weighted by Crippen LogP contribution is -2.11. The summed E-state index contributed by atoms with van der Waals surface area (Å²) in [4.78, 5) is 11.1. The number of nitrogen functional groups attached to an aromatic ring is 1. The van der Waals surface area contributed by atoms with Crippen molar-refractivity contribution >= 4 is 38.9 Å². The van der Waals surface area contributed by atoms with Crippen LogP contribution >= 0.6 is 15.9 Å². The second-order valence-corrected chi connectivity index (χ2v) is 4.77. The van der Waals surface area contributed by atoms with E-state index in [4.69, 9.17) is 11.5 Å². The molecule has 5 N–H and O–H groups in total. The first-order valence-electron chi connectivity index (χ1n) is 5.39. The molecule has 0 fully saturated rings. The largest absolute Gasteiger partial charge is 0.397 e. The Morgan fingerprint density at radius 3 is 2.58 bits per heavy atom. The van der Waals surface area contributed by atoms with E-state index < -0.39 is 5.91 Å². The number of primary amides is 1. The molecule has 0 saturated heterocycles. The molecule has 2 rings (SSSR count). The third kappa shape index (κ3) is 3.03. The number of nitrogens with one attached hydrogen (secondary N) is 1. The first kappa shape index (κ1) is 13.4. The van der Waals surface area contributed by atoms with Crippen LogP contribution in [0.2, 0.25) is 0 Å². The minimum atomic E-state index is -0.539. The van der Waals surface area contributed by atoms with E-state index >= 15 is 0 Å². The Labute approximate surface area is 117 Å². The minimum Gasteiger partial charge on any atom is -0.397 e. The van der Waals surface area contributed by atoms with Gasteiger partial charge in [0, 0.05) is 11.3 Å². The van der Waals surface area contributed by atoms with Gasteiger partial charge in [-0.15, -0.1) is 0 Å². The van der Waals surface area contributed by atoms with Crippen LogP contribution in [0.5, 0.6) is 0 Å². The zero-order valence-electron chi connectivity index (χ0n) is 9.78. The zero-order chi connectivity index (χ0) is 14.0. The van der Waals surface area contributed by atoms with Crippen LogP contribution in [0.15, 0.2) is 40.9 Å². The number of hydrogen-bond acceptors (Lipinski definition) is 3. The highest BCUT2D eigenvalue weighted by Crippen LogP contribution is 2.27. The Morgan fingerprint density at radius 2 is 1.95 bits per heavy atom. The summed E-state index contributed by atoms with van der Waals surface area (Å²) in [5.74, 6) is -0.896. The summed E-state index contributed by atoms with van der Waals surface area (Å²) in [7, 11) is 0. The number of halogens is 2. The summed E-state index contributed by atoms with van der Waals surface area (Å²) in [6, 6.07) is 9.14. The molecule has 0 aliphatic heterocycles. The van der Waals surface area contributed by atoms with E-state index in [1.54, 1.807) is 30.3 Å². The maximum absolute atomic E-state index is 13.1. The van der Waals surface area contributed by atoms with Gasteiger partial charge >= 0.3 is 0 Å². The number of carbonyl (C=O) groups excluding carboxylic acids is 1. The van der Waals surface area contributed by atoms with Gasteiger partial charge in [-0.1, -0.05) is 0 Å². The van der Waals surface area contributed by atoms with Crippen molar-refractivity contribution in [1.29, 1.82) is 0 Å². The van der Waals surface area contributed by atoms with Crippen LogP contribution in [0.25, 0.3) is 0 Å². The minimum absolute atomic E-state index is 0.335. The summed E-state index contributed by atoms with van der Waals surface area (Å²) < 4.78 is 13.5. The summed E-state index contributed by atoms with van der Waals surface area (Å²) in [6.45, 7) is 0. The smallest absolute Gasteiger partial charge is 0.248 e. The van der Waals surface area contributed by atoms with Crippen LogP contribution in [-0.4, -0.2) is 5.91 Å². The quantitative estimate of drug-likeness (QED) is 0.759. The highest BCUT2D eigenvalue weighted by Gasteiger charge is 2.07. The Bertz CT molecular complexity index is 646. The molecule has 0 spiro atoms. The van der Waals surface area contributed by atoms with Crippen molar-refractivity contribution in [2.24, 2.45) is 5.73 Å². The van der Waals surface area contributed by atoms with Gasteiger partial charge in [0.2, 0.25) is 5.91 Å². The molecule has 0 unspecified atom stereocenters. The van der Waals surface area contributed by atoms with Gasteiger partial charge in [0.05, 0.1) is 15.8 Å². The molecule has 98 valence electrons. The van der Waals surface area contributed by atoms with E-state index in [1.165, 1.54) is 6.07 Å². The van der Waals surface area contributed by atoms with Gasteiger partial charge in [-0.2, -0.15) is 0 Å². The fourth-order valence-electron chi connectivity index (χ4n) is 1.55. The van der Waals surface area contributed by atoms with E-state index in [0.29, 0.717) is 27.1 Å². The molecule has 0 heterocycles. The van der Waals surface area contributed by atoms with Gasteiger partial charge in [-0.05, 0) is 52.3 Å². The van der Waals surface area contributed by atoms with Crippen molar-refractivity contribution in [2.75, 3.05) is 11.1 Å². The average Bonchev–Trinajstić information content (AvgIpc) is 2.36. The summed E-state index contributed by atoms with van der Waals surface area (Å²) >= 11 is 3.10. The molecule has 0 aromatic heterocycles. The number of carbonyl (C=O) groups is 1. The number of benzene rings is 2. The van der Waals surface area contributed by atoms with Crippen LogP contribution in [0.4, 0.5) is 21.5 Å². The molecule has 2 aromatic rings. The molecule has 0 saturated carbocycles. The summed E-state index contributed by atoms with van der Waals surface area (Å²) in [5.41, 5.74) is 13.0. The fraction of sp³-hybridized carbons (Fsp3) is 0. The molecule has 1 amide bonds. The molecule has 0 radical (unpaired) electrons. The molecule has 6 heteroatoms. The van der Waals surface area contributed by atoms with Crippen molar-refractivity contribution in [3.8, 4) is 0 Å². The van der Waals surface area contributed by atoms with E-state index in [9.17, 15) is 9.18 Å². The molecule has 4 nitrogen and oxygen atoms in total. The predicted octanol–water partition coefficient (Wildman–Crippen LogP) is 3.01. The van der Waals surface area contributed by atoms with E-state index in [0.717, 1.165) is 0 Å². The van der Waals surface area contributed by atoms with Crippen LogP contribution < -0.4 is 16.8 Å². The topological polar surface area (TPSA) is 81.1 Å². The van der Waals surface area contributed by atoms with Gasteiger partial charge in [-0.3, -0.25) is 4.79 Å². The Balaban J connectivity index is 2.34. The van der Waals surface area contributed by atoms with Crippen molar-refractivity contribution in [3.63, 3.8) is 0 Å².